The SMILES string of the molecule is CCn1ncc(Cl)c1C(O)c1cccc(OC(C)C)c1. The first-order valence-corrected chi connectivity index (χ1v) is 7.06. The van der Waals surface area contributed by atoms with Gasteiger partial charge in [-0.3, -0.25) is 4.68 Å². The number of aryl methyl sites for hydroxylation is 1. The Kier molecular flexibility index (Phi) is 4.68. The fraction of sp³-hybridized carbons (Fsp3) is 0.400. The number of benzene rings is 1. The zero-order valence-electron chi connectivity index (χ0n) is 11.9. The van der Waals surface area contributed by atoms with E-state index in [1.54, 1.807) is 10.9 Å². The fourth-order valence-electron chi connectivity index (χ4n) is 2.08. The van der Waals surface area contributed by atoms with Crippen LogP contribution in [0.15, 0.2) is 30.5 Å². The van der Waals surface area contributed by atoms with Gasteiger partial charge in [0, 0.05) is 6.54 Å². The van der Waals surface area contributed by atoms with Crippen LogP contribution >= 0.6 is 11.6 Å². The minimum absolute atomic E-state index is 0.0900. The normalized spacial score (nSPS) is 12.7. The van der Waals surface area contributed by atoms with E-state index in [4.69, 9.17) is 16.3 Å². The van der Waals surface area contributed by atoms with Crippen LogP contribution in [0.5, 0.6) is 5.75 Å². The minimum atomic E-state index is -0.819. The molecule has 2 aromatic rings. The molecular formula is C15H19ClN2O2. The van der Waals surface area contributed by atoms with Gasteiger partial charge in [0.2, 0.25) is 0 Å². The molecule has 108 valence electrons. The molecule has 0 aliphatic heterocycles. The van der Waals surface area contributed by atoms with Gasteiger partial charge in [0.15, 0.2) is 0 Å². The fourth-order valence-corrected chi connectivity index (χ4v) is 2.33. The number of aliphatic hydroxyl groups is 1. The van der Waals surface area contributed by atoms with Gasteiger partial charge in [-0.15, -0.1) is 0 Å². The maximum Gasteiger partial charge on any atom is 0.122 e. The van der Waals surface area contributed by atoms with E-state index >= 15 is 0 Å². The Labute approximate surface area is 123 Å². The molecule has 1 N–H and O–H groups in total. The Morgan fingerprint density at radius 3 is 2.80 bits per heavy atom. The van der Waals surface area contributed by atoms with E-state index in [1.807, 2.05) is 45.0 Å². The van der Waals surface area contributed by atoms with E-state index in [9.17, 15) is 5.11 Å². The molecule has 0 aliphatic carbocycles. The summed E-state index contributed by atoms with van der Waals surface area (Å²) in [5.41, 5.74) is 1.34. The molecule has 20 heavy (non-hydrogen) atoms. The van der Waals surface area contributed by atoms with E-state index in [0.29, 0.717) is 17.3 Å². The zero-order valence-corrected chi connectivity index (χ0v) is 12.6. The smallest absolute Gasteiger partial charge is 0.122 e. The first-order chi connectivity index (χ1) is 9.52. The summed E-state index contributed by atoms with van der Waals surface area (Å²) >= 11 is 6.12. The third kappa shape index (κ3) is 3.14. The molecule has 0 saturated carbocycles. The Morgan fingerprint density at radius 1 is 1.40 bits per heavy atom. The van der Waals surface area contributed by atoms with E-state index in [-0.39, 0.29) is 6.10 Å². The lowest BCUT2D eigenvalue weighted by atomic mass is 10.1. The molecule has 1 aromatic heterocycles. The number of hydrogen-bond acceptors (Lipinski definition) is 3. The van der Waals surface area contributed by atoms with Crippen molar-refractivity contribution in [2.45, 2.75) is 39.5 Å². The molecule has 1 heterocycles. The second-order valence-electron chi connectivity index (χ2n) is 4.84. The summed E-state index contributed by atoms with van der Waals surface area (Å²) in [6, 6.07) is 7.40. The number of halogens is 1. The standard InChI is InChI=1S/C15H19ClN2O2/c1-4-18-14(13(16)9-17-18)15(19)11-6-5-7-12(8-11)20-10(2)3/h5-10,15,19H,4H2,1-3H3. The molecule has 0 saturated heterocycles. The molecule has 2 rings (SSSR count). The van der Waals surface area contributed by atoms with Crippen molar-refractivity contribution >= 4 is 11.6 Å². The molecule has 4 nitrogen and oxygen atoms in total. The van der Waals surface area contributed by atoms with E-state index in [0.717, 1.165) is 11.3 Å². The van der Waals surface area contributed by atoms with Crippen LogP contribution in [-0.2, 0) is 6.54 Å². The molecule has 0 aliphatic rings. The van der Waals surface area contributed by atoms with Crippen LogP contribution in [0.4, 0.5) is 0 Å². The van der Waals surface area contributed by atoms with Gasteiger partial charge < -0.3 is 9.84 Å². The molecule has 1 aromatic carbocycles. The van der Waals surface area contributed by atoms with Crippen molar-refractivity contribution in [2.24, 2.45) is 0 Å². The second-order valence-corrected chi connectivity index (χ2v) is 5.24. The Bertz CT molecular complexity index is 581. The number of rotatable bonds is 5. The second kappa shape index (κ2) is 6.29. The Morgan fingerprint density at radius 2 is 2.15 bits per heavy atom. The van der Waals surface area contributed by atoms with Crippen LogP contribution in [0.25, 0.3) is 0 Å². The van der Waals surface area contributed by atoms with E-state index < -0.39 is 6.10 Å². The summed E-state index contributed by atoms with van der Waals surface area (Å²) in [5.74, 6) is 0.732. The minimum Gasteiger partial charge on any atom is -0.491 e. The predicted octanol–water partition coefficient (Wildman–Crippen LogP) is 3.43. The van der Waals surface area contributed by atoms with Crippen LogP contribution in [0.3, 0.4) is 0 Å². The molecule has 0 spiro atoms. The third-order valence-electron chi connectivity index (χ3n) is 2.94. The van der Waals surface area contributed by atoms with Crippen molar-refractivity contribution < 1.29 is 9.84 Å². The monoisotopic (exact) mass is 294 g/mol. The lowest BCUT2D eigenvalue weighted by molar-refractivity contribution is 0.205. The number of aliphatic hydroxyl groups excluding tert-OH is 1. The highest BCUT2D eigenvalue weighted by molar-refractivity contribution is 6.31. The Balaban J connectivity index is 2.33. The molecule has 0 bridgehead atoms. The molecule has 1 unspecified atom stereocenters. The van der Waals surface area contributed by atoms with Gasteiger partial charge >= 0.3 is 0 Å². The van der Waals surface area contributed by atoms with Gasteiger partial charge in [-0.1, -0.05) is 23.7 Å². The van der Waals surface area contributed by atoms with Gasteiger partial charge in [-0.2, -0.15) is 5.10 Å². The number of hydrogen-bond donors (Lipinski definition) is 1. The average Bonchev–Trinajstić information content (AvgIpc) is 2.78. The van der Waals surface area contributed by atoms with Crippen LogP contribution in [0, 0.1) is 0 Å². The van der Waals surface area contributed by atoms with Gasteiger partial charge in [-0.25, -0.2) is 0 Å². The third-order valence-corrected chi connectivity index (χ3v) is 3.23. The summed E-state index contributed by atoms with van der Waals surface area (Å²) in [5, 5.41) is 15.1. The van der Waals surface area contributed by atoms with Gasteiger partial charge in [0.25, 0.3) is 0 Å². The summed E-state index contributed by atoms with van der Waals surface area (Å²) < 4.78 is 7.34. The first-order valence-electron chi connectivity index (χ1n) is 6.68. The Hall–Kier alpha value is -1.52. The zero-order chi connectivity index (χ0) is 14.7. The number of ether oxygens (including phenoxy) is 1. The topological polar surface area (TPSA) is 47.3 Å². The van der Waals surface area contributed by atoms with Crippen molar-refractivity contribution in [3.8, 4) is 5.75 Å². The van der Waals surface area contributed by atoms with Crippen molar-refractivity contribution in [3.63, 3.8) is 0 Å². The maximum absolute atomic E-state index is 10.5. The quantitative estimate of drug-likeness (QED) is 0.919. The van der Waals surface area contributed by atoms with Crippen molar-refractivity contribution in [3.05, 3.63) is 46.7 Å². The summed E-state index contributed by atoms with van der Waals surface area (Å²) in [6.07, 6.45) is 0.825. The van der Waals surface area contributed by atoms with Crippen LogP contribution in [0.1, 0.15) is 38.1 Å². The average molecular weight is 295 g/mol. The first kappa shape index (κ1) is 14.9. The van der Waals surface area contributed by atoms with Crippen molar-refractivity contribution in [2.75, 3.05) is 0 Å². The number of aromatic nitrogens is 2. The van der Waals surface area contributed by atoms with Crippen LogP contribution in [-0.4, -0.2) is 21.0 Å². The van der Waals surface area contributed by atoms with Crippen molar-refractivity contribution in [1.82, 2.24) is 9.78 Å². The molecule has 5 heteroatoms. The summed E-state index contributed by atoms with van der Waals surface area (Å²) in [4.78, 5) is 0. The van der Waals surface area contributed by atoms with Gasteiger partial charge in [0.1, 0.15) is 11.9 Å². The highest BCUT2D eigenvalue weighted by Crippen LogP contribution is 2.30. The van der Waals surface area contributed by atoms with Crippen LogP contribution < -0.4 is 4.74 Å². The maximum atomic E-state index is 10.5. The van der Waals surface area contributed by atoms with Gasteiger partial charge in [-0.05, 0) is 38.5 Å². The van der Waals surface area contributed by atoms with E-state index in [1.165, 1.54) is 0 Å². The lowest BCUT2D eigenvalue weighted by Crippen LogP contribution is -2.10. The summed E-state index contributed by atoms with van der Waals surface area (Å²) in [6.45, 7) is 6.54. The predicted molar refractivity (Wildman–Crippen MR) is 79.2 cm³/mol. The molecule has 0 amide bonds. The number of nitrogens with zero attached hydrogens (tertiary/aromatic N) is 2. The highest BCUT2D eigenvalue weighted by atomic mass is 35.5. The largest absolute Gasteiger partial charge is 0.491 e. The molecule has 1 atom stereocenters. The van der Waals surface area contributed by atoms with Crippen LogP contribution in [0.2, 0.25) is 5.02 Å². The molecule has 0 radical (unpaired) electrons. The van der Waals surface area contributed by atoms with Crippen molar-refractivity contribution in [1.29, 1.82) is 0 Å². The van der Waals surface area contributed by atoms with E-state index in [2.05, 4.69) is 5.10 Å². The summed E-state index contributed by atoms with van der Waals surface area (Å²) in [7, 11) is 0. The molecule has 0 fully saturated rings. The van der Waals surface area contributed by atoms with Gasteiger partial charge in [0.05, 0.1) is 23.0 Å². The molecular weight excluding hydrogens is 276 g/mol. The highest BCUT2D eigenvalue weighted by Gasteiger charge is 2.19. The lowest BCUT2D eigenvalue weighted by Gasteiger charge is -2.16.